The first-order chi connectivity index (χ1) is 12.8. The number of halogens is 2. The third-order valence-electron chi connectivity index (χ3n) is 3.91. The first-order valence-electron chi connectivity index (χ1n) is 8.14. The van der Waals surface area contributed by atoms with Gasteiger partial charge in [0.15, 0.2) is 17.1 Å². The third kappa shape index (κ3) is 4.46. The number of aryl methyl sites for hydroxylation is 1. The number of fused-ring (bicyclic) bond motifs is 1. The Balaban J connectivity index is 1.65. The first kappa shape index (κ1) is 19.3. The van der Waals surface area contributed by atoms with Crippen LogP contribution in [0.3, 0.4) is 0 Å². The fourth-order valence-electron chi connectivity index (χ4n) is 2.35. The summed E-state index contributed by atoms with van der Waals surface area (Å²) in [7, 11) is 0. The summed E-state index contributed by atoms with van der Waals surface area (Å²) in [5.74, 6) is 1.28. The van der Waals surface area contributed by atoms with Crippen LogP contribution in [0, 0.1) is 6.92 Å². The van der Waals surface area contributed by atoms with Crippen LogP contribution in [0.5, 0.6) is 17.2 Å². The lowest BCUT2D eigenvalue weighted by Crippen LogP contribution is -2.44. The molecule has 0 fully saturated rings. The predicted molar refractivity (Wildman–Crippen MR) is 104 cm³/mol. The van der Waals surface area contributed by atoms with Crippen molar-refractivity contribution in [1.82, 2.24) is 5.43 Å². The van der Waals surface area contributed by atoms with Gasteiger partial charge < -0.3 is 14.2 Å². The van der Waals surface area contributed by atoms with Crippen LogP contribution in [0.1, 0.15) is 25.0 Å². The van der Waals surface area contributed by atoms with Crippen LogP contribution in [0.2, 0.25) is 10.0 Å². The molecule has 6 nitrogen and oxygen atoms in total. The molecule has 0 spiro atoms. The Labute approximate surface area is 167 Å². The number of ether oxygens (including phenoxy) is 3. The van der Waals surface area contributed by atoms with E-state index in [1.54, 1.807) is 44.2 Å². The number of carbonyl (C=O) groups excluding carboxylic acids is 1. The molecule has 1 heterocycles. The zero-order valence-corrected chi connectivity index (χ0v) is 16.5. The van der Waals surface area contributed by atoms with Crippen LogP contribution in [-0.4, -0.2) is 24.5 Å². The van der Waals surface area contributed by atoms with Gasteiger partial charge in [0.25, 0.3) is 5.91 Å². The molecule has 0 bridgehead atoms. The smallest absolute Gasteiger partial charge is 0.283 e. The lowest BCUT2D eigenvalue weighted by Gasteiger charge is -2.24. The Morgan fingerprint density at radius 3 is 2.59 bits per heavy atom. The molecule has 1 aliphatic heterocycles. The van der Waals surface area contributed by atoms with E-state index in [9.17, 15) is 4.79 Å². The third-order valence-corrected chi connectivity index (χ3v) is 4.66. The molecule has 2 aromatic carbocycles. The number of hydrogen-bond donors (Lipinski definition) is 1. The Kier molecular flexibility index (Phi) is 5.48. The van der Waals surface area contributed by atoms with Crippen LogP contribution in [0.4, 0.5) is 0 Å². The molecule has 0 saturated heterocycles. The van der Waals surface area contributed by atoms with E-state index in [0.717, 1.165) is 5.56 Å². The molecule has 2 aromatic rings. The maximum atomic E-state index is 12.4. The second-order valence-electron chi connectivity index (χ2n) is 6.45. The van der Waals surface area contributed by atoms with Crippen molar-refractivity contribution in [2.24, 2.45) is 5.10 Å². The number of nitrogens with zero attached hydrogens (tertiary/aromatic N) is 1. The first-order valence-corrected chi connectivity index (χ1v) is 8.90. The largest absolute Gasteiger partial charge is 0.478 e. The molecule has 27 heavy (non-hydrogen) atoms. The van der Waals surface area contributed by atoms with Crippen LogP contribution in [0.15, 0.2) is 35.4 Å². The lowest BCUT2D eigenvalue weighted by molar-refractivity contribution is -0.134. The number of nitrogens with one attached hydrogen (secondary N) is 1. The van der Waals surface area contributed by atoms with Crippen molar-refractivity contribution in [3.63, 3.8) is 0 Å². The highest BCUT2D eigenvalue weighted by molar-refractivity contribution is 6.33. The van der Waals surface area contributed by atoms with Gasteiger partial charge >= 0.3 is 0 Å². The second-order valence-corrected chi connectivity index (χ2v) is 7.26. The zero-order chi connectivity index (χ0) is 19.6. The zero-order valence-electron chi connectivity index (χ0n) is 15.0. The Morgan fingerprint density at radius 2 is 1.89 bits per heavy atom. The van der Waals surface area contributed by atoms with Crippen LogP contribution in [-0.2, 0) is 4.79 Å². The molecule has 0 atom stereocenters. The van der Waals surface area contributed by atoms with E-state index >= 15 is 0 Å². The highest BCUT2D eigenvalue weighted by Gasteiger charge is 2.30. The van der Waals surface area contributed by atoms with Crippen molar-refractivity contribution in [1.29, 1.82) is 0 Å². The molecule has 0 aliphatic carbocycles. The summed E-state index contributed by atoms with van der Waals surface area (Å²) in [5, 5.41) is 5.03. The topological polar surface area (TPSA) is 69.2 Å². The van der Waals surface area contributed by atoms with Crippen molar-refractivity contribution in [2.45, 2.75) is 26.4 Å². The number of hydrogen-bond acceptors (Lipinski definition) is 5. The summed E-state index contributed by atoms with van der Waals surface area (Å²) in [6, 6.07) is 8.54. The minimum absolute atomic E-state index is 0.151. The maximum absolute atomic E-state index is 12.4. The molecule has 1 N–H and O–H groups in total. The molecule has 0 radical (unpaired) electrons. The van der Waals surface area contributed by atoms with Crippen molar-refractivity contribution in [3.05, 3.63) is 51.5 Å². The molecule has 0 aromatic heterocycles. The Hall–Kier alpha value is -2.44. The molecule has 0 unspecified atom stereocenters. The summed E-state index contributed by atoms with van der Waals surface area (Å²) in [4.78, 5) is 12.4. The van der Waals surface area contributed by atoms with Gasteiger partial charge in [-0.2, -0.15) is 5.10 Å². The van der Waals surface area contributed by atoms with E-state index < -0.39 is 11.5 Å². The summed E-state index contributed by atoms with van der Waals surface area (Å²) in [6.07, 6.45) is 1.44. The van der Waals surface area contributed by atoms with Gasteiger partial charge in [0.05, 0.1) is 11.2 Å². The fraction of sp³-hybridized carbons (Fsp3) is 0.263. The van der Waals surface area contributed by atoms with Crippen molar-refractivity contribution >= 4 is 35.3 Å². The maximum Gasteiger partial charge on any atom is 0.283 e. The van der Waals surface area contributed by atoms with Crippen LogP contribution < -0.4 is 19.6 Å². The minimum Gasteiger partial charge on any atom is -0.478 e. The predicted octanol–water partition coefficient (Wildman–Crippen LogP) is 4.34. The lowest BCUT2D eigenvalue weighted by atomic mass is 10.1. The molecule has 1 aliphatic rings. The Bertz CT molecular complexity index is 913. The van der Waals surface area contributed by atoms with Crippen molar-refractivity contribution in [3.8, 4) is 17.2 Å². The summed E-state index contributed by atoms with van der Waals surface area (Å²) in [6.45, 7) is 5.31. The van der Waals surface area contributed by atoms with E-state index in [1.165, 1.54) is 6.21 Å². The average molecular weight is 409 g/mol. The molecular weight excluding hydrogens is 391 g/mol. The number of benzene rings is 2. The number of hydrazone groups is 1. The molecule has 142 valence electrons. The SMILES string of the molecule is Cc1cc(OC(C)(C)C(=O)N/N=C/c2cc3c(cc2Cl)OCO3)ccc1Cl. The molecule has 1 amide bonds. The van der Waals surface area contributed by atoms with E-state index in [-0.39, 0.29) is 6.79 Å². The molecule has 3 rings (SSSR count). The molecule has 0 saturated carbocycles. The molecular formula is C19H18Cl2N2O4. The summed E-state index contributed by atoms with van der Waals surface area (Å²) >= 11 is 12.2. The highest BCUT2D eigenvalue weighted by atomic mass is 35.5. The second kappa shape index (κ2) is 7.66. The van der Waals surface area contributed by atoms with E-state index in [1.807, 2.05) is 6.92 Å². The van der Waals surface area contributed by atoms with Gasteiger partial charge in [-0.1, -0.05) is 23.2 Å². The van der Waals surface area contributed by atoms with Gasteiger partial charge in [-0.15, -0.1) is 0 Å². The van der Waals surface area contributed by atoms with Crippen LogP contribution in [0.25, 0.3) is 0 Å². The Morgan fingerprint density at radius 1 is 1.19 bits per heavy atom. The van der Waals surface area contributed by atoms with Gasteiger partial charge in [-0.3, -0.25) is 4.79 Å². The van der Waals surface area contributed by atoms with Crippen LogP contribution >= 0.6 is 23.2 Å². The van der Waals surface area contributed by atoms with Gasteiger partial charge in [0, 0.05) is 16.7 Å². The molecule has 8 heteroatoms. The van der Waals surface area contributed by atoms with Gasteiger partial charge in [-0.25, -0.2) is 5.43 Å². The monoisotopic (exact) mass is 408 g/mol. The normalized spacial score (nSPS) is 13.1. The van der Waals surface area contributed by atoms with Crippen molar-refractivity contribution < 1.29 is 19.0 Å². The summed E-state index contributed by atoms with van der Waals surface area (Å²) in [5.41, 5.74) is 2.77. The van der Waals surface area contributed by atoms with E-state index in [0.29, 0.717) is 32.9 Å². The number of amides is 1. The number of rotatable bonds is 5. The van der Waals surface area contributed by atoms with Gasteiger partial charge in [0.1, 0.15) is 5.75 Å². The van der Waals surface area contributed by atoms with E-state index in [2.05, 4.69) is 10.5 Å². The van der Waals surface area contributed by atoms with E-state index in [4.69, 9.17) is 37.4 Å². The fourth-order valence-corrected chi connectivity index (χ4v) is 2.67. The van der Waals surface area contributed by atoms with Gasteiger partial charge in [0.2, 0.25) is 6.79 Å². The van der Waals surface area contributed by atoms with Gasteiger partial charge in [-0.05, 0) is 50.6 Å². The van der Waals surface area contributed by atoms with Crippen molar-refractivity contribution in [2.75, 3.05) is 6.79 Å². The standard InChI is InChI=1S/C19H18Cl2N2O4/c1-11-6-13(4-5-14(11)20)27-19(2,3)18(24)23-22-9-12-7-16-17(8-15(12)21)26-10-25-16/h4-9H,10H2,1-3H3,(H,23,24)/b22-9+. The quantitative estimate of drug-likeness (QED) is 0.589. The highest BCUT2D eigenvalue weighted by Crippen LogP contribution is 2.36. The minimum atomic E-state index is -1.14. The average Bonchev–Trinajstić information content (AvgIpc) is 3.05. The summed E-state index contributed by atoms with van der Waals surface area (Å²) < 4.78 is 16.3. The number of carbonyl (C=O) groups is 1.